The number of carbonyl (C=O) groups is 1. The number of rotatable bonds is 8. The lowest BCUT2D eigenvalue weighted by Gasteiger charge is -2.36. The van der Waals surface area contributed by atoms with Crippen molar-refractivity contribution in [2.75, 3.05) is 25.9 Å². The van der Waals surface area contributed by atoms with Crippen LogP contribution in [0.3, 0.4) is 0 Å². The van der Waals surface area contributed by atoms with Crippen LogP contribution in [0.1, 0.15) is 45.4 Å². The van der Waals surface area contributed by atoms with Gasteiger partial charge in [-0.2, -0.15) is 0 Å². The average Bonchev–Trinajstić information content (AvgIpc) is 2.42. The molecular weight excluding hydrogens is 290 g/mol. The van der Waals surface area contributed by atoms with Crippen molar-refractivity contribution in [3.05, 3.63) is 0 Å². The average molecular weight is 319 g/mol. The van der Waals surface area contributed by atoms with E-state index in [-0.39, 0.29) is 11.9 Å². The molecule has 0 aromatic heterocycles. The number of nitrogens with one attached hydrogen (secondary N) is 1. The number of nitrogens with two attached hydrogens (primary N) is 1. The van der Waals surface area contributed by atoms with Crippen LogP contribution in [-0.2, 0) is 14.8 Å². The first-order chi connectivity index (χ1) is 9.83. The third-order valence-corrected chi connectivity index (χ3v) is 4.73. The number of hydrogen-bond acceptors (Lipinski definition) is 4. The van der Waals surface area contributed by atoms with E-state index in [4.69, 9.17) is 5.73 Å². The molecule has 0 aromatic carbocycles. The van der Waals surface area contributed by atoms with E-state index >= 15 is 0 Å². The Morgan fingerprint density at radius 1 is 1.38 bits per heavy atom. The Bertz CT molecular complexity index is 425. The van der Waals surface area contributed by atoms with Gasteiger partial charge in [0.05, 0.1) is 6.26 Å². The summed E-state index contributed by atoms with van der Waals surface area (Å²) >= 11 is 0. The van der Waals surface area contributed by atoms with Gasteiger partial charge in [-0.1, -0.05) is 6.92 Å². The number of nitrogens with zero attached hydrogens (tertiary/aromatic N) is 1. The molecule has 1 fully saturated rings. The molecule has 1 amide bonds. The van der Waals surface area contributed by atoms with Crippen molar-refractivity contribution in [1.29, 1.82) is 0 Å². The topological polar surface area (TPSA) is 92.5 Å². The number of amides is 1. The Hall–Kier alpha value is -0.660. The molecule has 0 aromatic rings. The van der Waals surface area contributed by atoms with E-state index < -0.39 is 10.0 Å². The molecule has 124 valence electrons. The predicted octanol–water partition coefficient (Wildman–Crippen LogP) is 0.682. The number of carbonyl (C=O) groups excluding carboxylic acids is 1. The van der Waals surface area contributed by atoms with Gasteiger partial charge in [-0.15, -0.1) is 0 Å². The van der Waals surface area contributed by atoms with Gasteiger partial charge >= 0.3 is 0 Å². The first kappa shape index (κ1) is 18.4. The third-order valence-electron chi connectivity index (χ3n) is 4.04. The number of likely N-dealkylation sites (tertiary alicyclic amines) is 1. The van der Waals surface area contributed by atoms with Gasteiger partial charge in [-0.3, -0.25) is 4.79 Å². The second kappa shape index (κ2) is 8.70. The first-order valence-corrected chi connectivity index (χ1v) is 9.66. The van der Waals surface area contributed by atoms with Crippen LogP contribution in [0.4, 0.5) is 0 Å². The lowest BCUT2D eigenvalue weighted by Crippen LogP contribution is -2.49. The maximum absolute atomic E-state index is 12.4. The Kier molecular flexibility index (Phi) is 7.62. The molecule has 0 aliphatic carbocycles. The highest BCUT2D eigenvalue weighted by molar-refractivity contribution is 7.88. The minimum atomic E-state index is -3.21. The molecule has 1 aliphatic heterocycles. The minimum absolute atomic E-state index is 0.00853. The quantitative estimate of drug-likeness (QED) is 0.688. The molecule has 6 nitrogen and oxygen atoms in total. The van der Waals surface area contributed by atoms with Gasteiger partial charge in [0.15, 0.2) is 0 Å². The Morgan fingerprint density at radius 2 is 2.10 bits per heavy atom. The van der Waals surface area contributed by atoms with Crippen LogP contribution in [0.25, 0.3) is 0 Å². The normalized spacial score (nSPS) is 21.3. The van der Waals surface area contributed by atoms with Crippen molar-refractivity contribution in [3.8, 4) is 0 Å². The SMILES string of the molecule is CC(CCN)CCC(=O)N1CCCCC1CNS(C)(=O)=O. The zero-order valence-electron chi connectivity index (χ0n) is 13.2. The molecule has 0 spiro atoms. The highest BCUT2D eigenvalue weighted by Gasteiger charge is 2.27. The molecule has 1 saturated heterocycles. The molecule has 1 heterocycles. The largest absolute Gasteiger partial charge is 0.338 e. The Morgan fingerprint density at radius 3 is 2.71 bits per heavy atom. The molecule has 1 aliphatic rings. The predicted molar refractivity (Wildman–Crippen MR) is 84.3 cm³/mol. The molecule has 0 radical (unpaired) electrons. The third kappa shape index (κ3) is 7.24. The maximum atomic E-state index is 12.4. The summed E-state index contributed by atoms with van der Waals surface area (Å²) in [5.74, 6) is 0.593. The fourth-order valence-electron chi connectivity index (χ4n) is 2.73. The van der Waals surface area contributed by atoms with Crippen LogP contribution < -0.4 is 10.5 Å². The van der Waals surface area contributed by atoms with Crippen molar-refractivity contribution < 1.29 is 13.2 Å². The summed E-state index contributed by atoms with van der Waals surface area (Å²) in [5.41, 5.74) is 5.52. The zero-order chi connectivity index (χ0) is 15.9. The number of sulfonamides is 1. The molecule has 3 N–H and O–H groups in total. The summed E-state index contributed by atoms with van der Waals surface area (Å²) in [6.45, 7) is 3.82. The lowest BCUT2D eigenvalue weighted by molar-refractivity contribution is -0.135. The van der Waals surface area contributed by atoms with E-state index in [9.17, 15) is 13.2 Å². The van der Waals surface area contributed by atoms with Gasteiger partial charge < -0.3 is 10.6 Å². The minimum Gasteiger partial charge on any atom is -0.338 e. The lowest BCUT2D eigenvalue weighted by atomic mass is 9.98. The molecule has 0 bridgehead atoms. The number of piperidine rings is 1. The van der Waals surface area contributed by atoms with Crippen LogP contribution in [0.15, 0.2) is 0 Å². The van der Waals surface area contributed by atoms with Gasteiger partial charge in [0.25, 0.3) is 0 Å². The molecular formula is C14H29N3O3S. The van der Waals surface area contributed by atoms with Crippen LogP contribution >= 0.6 is 0 Å². The van der Waals surface area contributed by atoms with Crippen molar-refractivity contribution in [2.24, 2.45) is 11.7 Å². The zero-order valence-corrected chi connectivity index (χ0v) is 14.0. The Balaban J connectivity index is 2.49. The fraction of sp³-hybridized carbons (Fsp3) is 0.929. The summed E-state index contributed by atoms with van der Waals surface area (Å²) < 4.78 is 24.9. The highest BCUT2D eigenvalue weighted by atomic mass is 32.2. The summed E-state index contributed by atoms with van der Waals surface area (Å²) in [4.78, 5) is 14.2. The van der Waals surface area contributed by atoms with Crippen molar-refractivity contribution >= 4 is 15.9 Å². The van der Waals surface area contributed by atoms with E-state index in [0.29, 0.717) is 25.4 Å². The first-order valence-electron chi connectivity index (χ1n) is 7.77. The van der Waals surface area contributed by atoms with Crippen molar-refractivity contribution in [1.82, 2.24) is 9.62 Å². The number of hydrogen-bond donors (Lipinski definition) is 2. The van der Waals surface area contributed by atoms with Crippen molar-refractivity contribution in [2.45, 2.75) is 51.5 Å². The van der Waals surface area contributed by atoms with E-state index in [1.807, 2.05) is 4.90 Å². The molecule has 1 rings (SSSR count). The fourth-order valence-corrected chi connectivity index (χ4v) is 3.23. The summed E-state index contributed by atoms with van der Waals surface area (Å²) in [5, 5.41) is 0. The van der Waals surface area contributed by atoms with Crippen LogP contribution in [-0.4, -0.2) is 51.2 Å². The molecule has 21 heavy (non-hydrogen) atoms. The highest BCUT2D eigenvalue weighted by Crippen LogP contribution is 2.19. The van der Waals surface area contributed by atoms with E-state index in [1.165, 1.54) is 0 Å². The maximum Gasteiger partial charge on any atom is 0.222 e. The second-order valence-corrected chi connectivity index (χ2v) is 7.91. The van der Waals surface area contributed by atoms with Crippen LogP contribution in [0, 0.1) is 5.92 Å². The van der Waals surface area contributed by atoms with Crippen LogP contribution in [0.2, 0.25) is 0 Å². The summed E-state index contributed by atoms with van der Waals surface area (Å²) in [6.07, 6.45) is 6.37. The van der Waals surface area contributed by atoms with Gasteiger partial charge in [-0.05, 0) is 44.6 Å². The molecule has 2 unspecified atom stereocenters. The van der Waals surface area contributed by atoms with Crippen LogP contribution in [0.5, 0.6) is 0 Å². The van der Waals surface area contributed by atoms with Gasteiger partial charge in [0.1, 0.15) is 0 Å². The van der Waals surface area contributed by atoms with Gasteiger partial charge in [0, 0.05) is 25.6 Å². The van der Waals surface area contributed by atoms with E-state index in [0.717, 1.165) is 44.9 Å². The second-order valence-electron chi connectivity index (χ2n) is 6.08. The van der Waals surface area contributed by atoms with Gasteiger partial charge in [0.2, 0.25) is 15.9 Å². The van der Waals surface area contributed by atoms with Crippen molar-refractivity contribution in [3.63, 3.8) is 0 Å². The van der Waals surface area contributed by atoms with E-state index in [1.54, 1.807) is 0 Å². The monoisotopic (exact) mass is 319 g/mol. The summed E-state index contributed by atoms with van der Waals surface area (Å²) in [7, 11) is -3.21. The molecule has 0 saturated carbocycles. The molecule has 2 atom stereocenters. The standard InChI is InChI=1S/C14H29N3O3S/c1-12(8-9-15)6-7-14(18)17-10-4-3-5-13(17)11-16-21(2,19)20/h12-13,16H,3-11,15H2,1-2H3. The van der Waals surface area contributed by atoms with Gasteiger partial charge in [-0.25, -0.2) is 13.1 Å². The van der Waals surface area contributed by atoms with E-state index in [2.05, 4.69) is 11.6 Å². The summed E-state index contributed by atoms with van der Waals surface area (Å²) in [6, 6.07) is -0.00853. The molecule has 7 heteroatoms. The Labute approximate surface area is 128 Å². The smallest absolute Gasteiger partial charge is 0.222 e.